The normalized spacial score (nSPS) is 18.9. The topological polar surface area (TPSA) is 48.1 Å². The summed E-state index contributed by atoms with van der Waals surface area (Å²) in [5, 5.41) is 0. The first-order valence-electron chi connectivity index (χ1n) is 6.54. The van der Waals surface area contributed by atoms with Crippen LogP contribution in [0.2, 0.25) is 0 Å². The van der Waals surface area contributed by atoms with Crippen molar-refractivity contribution in [3.63, 3.8) is 0 Å². The molecule has 0 radical (unpaired) electrons. The van der Waals surface area contributed by atoms with Gasteiger partial charge < -0.3 is 10.5 Å². The SMILES string of the molecule is COc1cnccc1C(N)CC1CCCCC1. The van der Waals surface area contributed by atoms with Crippen molar-refractivity contribution >= 4 is 0 Å². The quantitative estimate of drug-likeness (QED) is 0.871. The zero-order valence-corrected chi connectivity index (χ0v) is 10.6. The number of ether oxygens (including phenoxy) is 1. The van der Waals surface area contributed by atoms with E-state index in [1.165, 1.54) is 32.1 Å². The van der Waals surface area contributed by atoms with E-state index in [1.54, 1.807) is 19.5 Å². The molecule has 0 aromatic carbocycles. The van der Waals surface area contributed by atoms with Gasteiger partial charge in [-0.15, -0.1) is 0 Å². The smallest absolute Gasteiger partial charge is 0.141 e. The van der Waals surface area contributed by atoms with Crippen molar-refractivity contribution in [3.05, 3.63) is 24.0 Å². The van der Waals surface area contributed by atoms with Gasteiger partial charge in [-0.05, 0) is 18.4 Å². The lowest BCUT2D eigenvalue weighted by atomic mass is 9.83. The molecule has 1 aliphatic carbocycles. The minimum Gasteiger partial charge on any atom is -0.495 e. The molecule has 1 aliphatic rings. The van der Waals surface area contributed by atoms with Crippen LogP contribution in [0.1, 0.15) is 50.1 Å². The fourth-order valence-corrected chi connectivity index (χ4v) is 2.78. The van der Waals surface area contributed by atoms with Gasteiger partial charge in [0.15, 0.2) is 0 Å². The summed E-state index contributed by atoms with van der Waals surface area (Å²) in [4.78, 5) is 4.06. The molecule has 1 aromatic heterocycles. The summed E-state index contributed by atoms with van der Waals surface area (Å²) in [6.07, 6.45) is 11.4. The van der Waals surface area contributed by atoms with Crippen LogP contribution >= 0.6 is 0 Å². The lowest BCUT2D eigenvalue weighted by Crippen LogP contribution is -2.18. The lowest BCUT2D eigenvalue weighted by molar-refractivity contribution is 0.315. The van der Waals surface area contributed by atoms with E-state index in [0.717, 1.165) is 23.7 Å². The second-order valence-corrected chi connectivity index (χ2v) is 4.96. The molecule has 2 N–H and O–H groups in total. The third-order valence-electron chi connectivity index (χ3n) is 3.75. The molecule has 3 heteroatoms. The van der Waals surface area contributed by atoms with Gasteiger partial charge in [0.2, 0.25) is 0 Å². The van der Waals surface area contributed by atoms with Crippen LogP contribution in [0.25, 0.3) is 0 Å². The van der Waals surface area contributed by atoms with Crippen LogP contribution in [0.5, 0.6) is 5.75 Å². The highest BCUT2D eigenvalue weighted by atomic mass is 16.5. The number of nitrogens with two attached hydrogens (primary N) is 1. The van der Waals surface area contributed by atoms with Gasteiger partial charge in [-0.2, -0.15) is 0 Å². The average Bonchev–Trinajstić information content (AvgIpc) is 2.40. The van der Waals surface area contributed by atoms with Crippen molar-refractivity contribution in [3.8, 4) is 5.75 Å². The average molecular weight is 234 g/mol. The Balaban J connectivity index is 2.00. The van der Waals surface area contributed by atoms with E-state index >= 15 is 0 Å². The fraction of sp³-hybridized carbons (Fsp3) is 0.643. The number of aromatic nitrogens is 1. The molecular formula is C14H22N2O. The summed E-state index contributed by atoms with van der Waals surface area (Å²) in [5.74, 6) is 1.60. The molecule has 0 saturated heterocycles. The van der Waals surface area contributed by atoms with Crippen LogP contribution < -0.4 is 10.5 Å². The van der Waals surface area contributed by atoms with E-state index in [4.69, 9.17) is 10.5 Å². The Labute approximate surface area is 103 Å². The highest BCUT2D eigenvalue weighted by Crippen LogP contribution is 2.33. The van der Waals surface area contributed by atoms with Gasteiger partial charge in [-0.1, -0.05) is 32.1 Å². The summed E-state index contributed by atoms with van der Waals surface area (Å²) >= 11 is 0. The summed E-state index contributed by atoms with van der Waals surface area (Å²) in [5.41, 5.74) is 7.39. The van der Waals surface area contributed by atoms with Gasteiger partial charge in [0.25, 0.3) is 0 Å². The molecule has 0 aliphatic heterocycles. The largest absolute Gasteiger partial charge is 0.495 e. The van der Waals surface area contributed by atoms with Gasteiger partial charge in [-0.3, -0.25) is 4.98 Å². The Morgan fingerprint density at radius 3 is 2.88 bits per heavy atom. The molecule has 17 heavy (non-hydrogen) atoms. The van der Waals surface area contributed by atoms with E-state index in [0.29, 0.717) is 0 Å². The monoisotopic (exact) mass is 234 g/mol. The number of hydrogen-bond acceptors (Lipinski definition) is 3. The minimum absolute atomic E-state index is 0.0797. The molecule has 1 heterocycles. The molecule has 3 nitrogen and oxygen atoms in total. The van der Waals surface area contributed by atoms with Gasteiger partial charge in [0.1, 0.15) is 5.75 Å². The van der Waals surface area contributed by atoms with Gasteiger partial charge >= 0.3 is 0 Å². The first kappa shape index (κ1) is 12.4. The van der Waals surface area contributed by atoms with Crippen molar-refractivity contribution in [1.82, 2.24) is 4.98 Å². The molecule has 2 rings (SSSR count). The first-order valence-corrected chi connectivity index (χ1v) is 6.54. The zero-order chi connectivity index (χ0) is 12.1. The number of nitrogens with zero attached hydrogens (tertiary/aromatic N) is 1. The van der Waals surface area contributed by atoms with E-state index in [9.17, 15) is 0 Å². The number of rotatable bonds is 4. The molecule has 1 fully saturated rings. The third-order valence-corrected chi connectivity index (χ3v) is 3.75. The van der Waals surface area contributed by atoms with Crippen LogP contribution in [0.3, 0.4) is 0 Å². The first-order chi connectivity index (χ1) is 8.31. The fourth-order valence-electron chi connectivity index (χ4n) is 2.78. The van der Waals surface area contributed by atoms with Crippen molar-refractivity contribution in [2.45, 2.75) is 44.6 Å². The van der Waals surface area contributed by atoms with Crippen LogP contribution in [0, 0.1) is 5.92 Å². The van der Waals surface area contributed by atoms with Crippen LogP contribution in [-0.2, 0) is 0 Å². The minimum atomic E-state index is 0.0797. The van der Waals surface area contributed by atoms with Crippen molar-refractivity contribution in [2.24, 2.45) is 11.7 Å². The van der Waals surface area contributed by atoms with Crippen LogP contribution in [-0.4, -0.2) is 12.1 Å². The number of hydrogen-bond donors (Lipinski definition) is 1. The van der Waals surface area contributed by atoms with Crippen molar-refractivity contribution in [1.29, 1.82) is 0 Å². The lowest BCUT2D eigenvalue weighted by Gasteiger charge is -2.25. The van der Waals surface area contributed by atoms with Gasteiger partial charge in [0, 0.05) is 17.8 Å². The summed E-state index contributed by atoms with van der Waals surface area (Å²) in [6.45, 7) is 0. The molecule has 1 aromatic rings. The maximum atomic E-state index is 6.29. The Hall–Kier alpha value is -1.09. The maximum absolute atomic E-state index is 6.29. The Bertz CT molecular complexity index is 348. The second kappa shape index (κ2) is 6.01. The van der Waals surface area contributed by atoms with E-state index in [2.05, 4.69) is 4.98 Å². The Morgan fingerprint density at radius 1 is 1.41 bits per heavy atom. The predicted molar refractivity (Wildman–Crippen MR) is 68.9 cm³/mol. The Kier molecular flexibility index (Phi) is 4.37. The maximum Gasteiger partial charge on any atom is 0.141 e. The molecule has 1 unspecified atom stereocenters. The number of methoxy groups -OCH3 is 1. The zero-order valence-electron chi connectivity index (χ0n) is 10.6. The van der Waals surface area contributed by atoms with E-state index in [-0.39, 0.29) is 6.04 Å². The predicted octanol–water partition coefficient (Wildman–Crippen LogP) is 3.06. The molecule has 1 atom stereocenters. The van der Waals surface area contributed by atoms with Crippen LogP contribution in [0.4, 0.5) is 0 Å². The van der Waals surface area contributed by atoms with Crippen LogP contribution in [0.15, 0.2) is 18.5 Å². The summed E-state index contributed by atoms with van der Waals surface area (Å²) < 4.78 is 5.31. The molecule has 1 saturated carbocycles. The Morgan fingerprint density at radius 2 is 2.18 bits per heavy atom. The molecule has 0 amide bonds. The standard InChI is InChI=1S/C14H22N2O/c1-17-14-10-16-8-7-12(14)13(15)9-11-5-3-2-4-6-11/h7-8,10-11,13H,2-6,9,15H2,1H3. The second-order valence-electron chi connectivity index (χ2n) is 4.96. The van der Waals surface area contributed by atoms with Gasteiger partial charge in [-0.25, -0.2) is 0 Å². The number of pyridine rings is 1. The molecule has 0 bridgehead atoms. The molecule has 0 spiro atoms. The van der Waals surface area contributed by atoms with Gasteiger partial charge in [0.05, 0.1) is 13.3 Å². The highest BCUT2D eigenvalue weighted by Gasteiger charge is 2.19. The summed E-state index contributed by atoms with van der Waals surface area (Å²) in [6, 6.07) is 2.06. The molecule has 94 valence electrons. The third kappa shape index (κ3) is 3.19. The van der Waals surface area contributed by atoms with Crippen molar-refractivity contribution in [2.75, 3.05) is 7.11 Å². The van der Waals surface area contributed by atoms with E-state index < -0.39 is 0 Å². The highest BCUT2D eigenvalue weighted by molar-refractivity contribution is 5.32. The van der Waals surface area contributed by atoms with E-state index in [1.807, 2.05) is 6.07 Å². The van der Waals surface area contributed by atoms with Crippen molar-refractivity contribution < 1.29 is 4.74 Å². The summed E-state index contributed by atoms with van der Waals surface area (Å²) in [7, 11) is 1.67. The molecular weight excluding hydrogens is 212 g/mol.